The Morgan fingerprint density at radius 1 is 0.938 bits per heavy atom. The molecule has 0 aromatic rings. The highest BCUT2D eigenvalue weighted by Crippen LogP contribution is 2.10. The molecular weight excluding hydrogens is 198 g/mol. The van der Waals surface area contributed by atoms with E-state index in [9.17, 15) is 0 Å². The van der Waals surface area contributed by atoms with Crippen molar-refractivity contribution in [2.24, 2.45) is 5.73 Å². The Morgan fingerprint density at radius 2 is 1.44 bits per heavy atom. The molecule has 0 amide bonds. The van der Waals surface area contributed by atoms with Crippen LogP contribution in [-0.4, -0.2) is 11.7 Å². The molecule has 0 aliphatic heterocycles. The third-order valence-electron chi connectivity index (χ3n) is 2.90. The summed E-state index contributed by atoms with van der Waals surface area (Å²) in [5.74, 6) is 0.333. The Hall–Kier alpha value is -0.500. The first kappa shape index (κ1) is 15.5. The topological polar surface area (TPSA) is 46.2 Å². The number of unbranched alkanes of at least 4 members (excludes halogenated alkanes) is 9. The maximum Gasteiger partial charge on any atom is 0.102 e. The minimum atomic E-state index is 0.275. The van der Waals surface area contributed by atoms with Crippen LogP contribution < -0.4 is 5.73 Å². The zero-order valence-corrected chi connectivity index (χ0v) is 10.9. The van der Waals surface area contributed by atoms with Gasteiger partial charge in [0, 0.05) is 0 Å². The molecule has 16 heavy (non-hydrogen) atoms. The van der Waals surface area contributed by atoms with Crippen LogP contribution in [0.5, 0.6) is 0 Å². The predicted octanol–water partition coefficient (Wildman–Crippen LogP) is 4.31. The molecule has 0 atom stereocenters. The van der Waals surface area contributed by atoms with Gasteiger partial charge in [0.1, 0.15) is 5.76 Å². The van der Waals surface area contributed by atoms with Crippen LogP contribution in [0.25, 0.3) is 0 Å². The second-order valence-electron chi connectivity index (χ2n) is 4.52. The summed E-state index contributed by atoms with van der Waals surface area (Å²) in [6.45, 7) is 2.53. The summed E-state index contributed by atoms with van der Waals surface area (Å²) < 4.78 is 0. The summed E-state index contributed by atoms with van der Waals surface area (Å²) >= 11 is 0. The van der Waals surface area contributed by atoms with Gasteiger partial charge in [-0.05, 0) is 18.9 Å². The Morgan fingerprint density at radius 3 is 1.94 bits per heavy atom. The monoisotopic (exact) mass is 227 g/mol. The molecule has 96 valence electrons. The Labute approximate surface area is 101 Å². The highest BCUT2D eigenvalue weighted by Gasteiger charge is 1.92. The molecule has 3 N–H and O–H groups in total. The lowest BCUT2D eigenvalue weighted by Gasteiger charge is -2.01. The SMILES string of the molecule is CCCCCCCCCCCC=C(O)CN. The molecule has 2 heteroatoms. The van der Waals surface area contributed by atoms with Crippen molar-refractivity contribution < 1.29 is 5.11 Å². The minimum Gasteiger partial charge on any atom is -0.511 e. The Bertz CT molecular complexity index is 166. The summed E-state index contributed by atoms with van der Waals surface area (Å²) in [7, 11) is 0. The van der Waals surface area contributed by atoms with Gasteiger partial charge in [-0.15, -0.1) is 0 Å². The van der Waals surface area contributed by atoms with E-state index in [1.165, 1.54) is 57.8 Å². The van der Waals surface area contributed by atoms with Crippen molar-refractivity contribution in [2.75, 3.05) is 6.54 Å². The van der Waals surface area contributed by atoms with Crippen LogP contribution in [0.15, 0.2) is 11.8 Å². The van der Waals surface area contributed by atoms with E-state index in [1.54, 1.807) is 0 Å². The average molecular weight is 227 g/mol. The van der Waals surface area contributed by atoms with Crippen molar-refractivity contribution in [2.45, 2.75) is 71.1 Å². The van der Waals surface area contributed by atoms with E-state index in [4.69, 9.17) is 10.8 Å². The van der Waals surface area contributed by atoms with E-state index < -0.39 is 0 Å². The molecule has 0 fully saturated rings. The highest BCUT2D eigenvalue weighted by molar-refractivity contribution is 4.91. The lowest BCUT2D eigenvalue weighted by molar-refractivity contribution is 0.399. The van der Waals surface area contributed by atoms with Crippen LogP contribution >= 0.6 is 0 Å². The Kier molecular flexibility index (Phi) is 12.2. The van der Waals surface area contributed by atoms with E-state index in [0.29, 0.717) is 5.76 Å². The number of hydrogen-bond acceptors (Lipinski definition) is 2. The Balaban J connectivity index is 3.04. The van der Waals surface area contributed by atoms with Crippen molar-refractivity contribution in [1.29, 1.82) is 0 Å². The van der Waals surface area contributed by atoms with Gasteiger partial charge in [0.05, 0.1) is 6.54 Å². The fourth-order valence-corrected chi connectivity index (χ4v) is 1.81. The van der Waals surface area contributed by atoms with E-state index in [1.807, 2.05) is 6.08 Å². The molecular formula is C14H29NO. The van der Waals surface area contributed by atoms with Crippen molar-refractivity contribution in [3.63, 3.8) is 0 Å². The van der Waals surface area contributed by atoms with E-state index in [-0.39, 0.29) is 6.54 Å². The molecule has 0 saturated heterocycles. The zero-order chi connectivity index (χ0) is 12.1. The minimum absolute atomic E-state index is 0.275. The van der Waals surface area contributed by atoms with Crippen molar-refractivity contribution in [1.82, 2.24) is 0 Å². The fourth-order valence-electron chi connectivity index (χ4n) is 1.81. The lowest BCUT2D eigenvalue weighted by Crippen LogP contribution is -2.01. The number of allylic oxidation sites excluding steroid dienone is 1. The first-order valence-corrected chi connectivity index (χ1v) is 6.89. The summed E-state index contributed by atoms with van der Waals surface area (Å²) in [5, 5.41) is 9.12. The molecule has 2 nitrogen and oxygen atoms in total. The van der Waals surface area contributed by atoms with Crippen LogP contribution in [0, 0.1) is 0 Å². The van der Waals surface area contributed by atoms with Crippen LogP contribution in [0.3, 0.4) is 0 Å². The van der Waals surface area contributed by atoms with Crippen molar-refractivity contribution >= 4 is 0 Å². The van der Waals surface area contributed by atoms with E-state index in [0.717, 1.165) is 6.42 Å². The van der Waals surface area contributed by atoms with Crippen LogP contribution in [-0.2, 0) is 0 Å². The normalized spacial score (nSPS) is 12.0. The number of nitrogens with two attached hydrogens (primary N) is 1. The molecule has 0 heterocycles. The number of hydrogen-bond donors (Lipinski definition) is 2. The van der Waals surface area contributed by atoms with Gasteiger partial charge in [0.2, 0.25) is 0 Å². The third-order valence-corrected chi connectivity index (χ3v) is 2.90. The summed E-state index contributed by atoms with van der Waals surface area (Å²) in [6, 6.07) is 0. The van der Waals surface area contributed by atoms with Crippen molar-refractivity contribution in [3.8, 4) is 0 Å². The molecule has 0 unspecified atom stereocenters. The van der Waals surface area contributed by atoms with Gasteiger partial charge in [0.25, 0.3) is 0 Å². The van der Waals surface area contributed by atoms with Gasteiger partial charge in [-0.25, -0.2) is 0 Å². The van der Waals surface area contributed by atoms with Crippen LogP contribution in [0.2, 0.25) is 0 Å². The standard InChI is InChI=1S/C14H29NO/c1-2-3-4-5-6-7-8-9-10-11-12-14(16)13-15/h12,16H,2-11,13,15H2,1H3. The maximum atomic E-state index is 9.12. The zero-order valence-electron chi connectivity index (χ0n) is 10.9. The molecule has 0 aromatic heterocycles. The molecule has 0 saturated carbocycles. The quantitative estimate of drug-likeness (QED) is 0.408. The predicted molar refractivity (Wildman–Crippen MR) is 71.6 cm³/mol. The molecule has 0 aromatic carbocycles. The van der Waals surface area contributed by atoms with Crippen LogP contribution in [0.1, 0.15) is 71.1 Å². The smallest absolute Gasteiger partial charge is 0.102 e. The molecule has 0 aliphatic carbocycles. The largest absolute Gasteiger partial charge is 0.511 e. The summed E-state index contributed by atoms with van der Waals surface area (Å²) in [6.07, 6.45) is 14.9. The molecule has 0 aliphatic rings. The number of aliphatic hydroxyl groups is 1. The summed E-state index contributed by atoms with van der Waals surface area (Å²) in [4.78, 5) is 0. The van der Waals surface area contributed by atoms with Crippen LogP contribution in [0.4, 0.5) is 0 Å². The van der Waals surface area contributed by atoms with Gasteiger partial charge in [0.15, 0.2) is 0 Å². The highest BCUT2D eigenvalue weighted by atomic mass is 16.3. The molecule has 0 spiro atoms. The van der Waals surface area contributed by atoms with Gasteiger partial charge < -0.3 is 10.8 Å². The number of aliphatic hydroxyl groups excluding tert-OH is 1. The maximum absolute atomic E-state index is 9.12. The first-order chi connectivity index (χ1) is 7.81. The average Bonchev–Trinajstić information content (AvgIpc) is 2.31. The third kappa shape index (κ3) is 11.6. The molecule has 0 rings (SSSR count). The first-order valence-electron chi connectivity index (χ1n) is 6.89. The van der Waals surface area contributed by atoms with Crippen molar-refractivity contribution in [3.05, 3.63) is 11.8 Å². The number of rotatable bonds is 11. The summed E-state index contributed by atoms with van der Waals surface area (Å²) in [5.41, 5.74) is 5.27. The lowest BCUT2D eigenvalue weighted by atomic mass is 10.1. The second-order valence-corrected chi connectivity index (χ2v) is 4.52. The molecule has 0 radical (unpaired) electrons. The van der Waals surface area contributed by atoms with Gasteiger partial charge in [-0.3, -0.25) is 0 Å². The van der Waals surface area contributed by atoms with Gasteiger partial charge >= 0.3 is 0 Å². The second kappa shape index (κ2) is 12.6. The van der Waals surface area contributed by atoms with E-state index in [2.05, 4.69) is 6.92 Å². The van der Waals surface area contributed by atoms with Gasteiger partial charge in [-0.2, -0.15) is 0 Å². The van der Waals surface area contributed by atoms with E-state index >= 15 is 0 Å². The fraction of sp³-hybridized carbons (Fsp3) is 0.857. The molecule has 0 bridgehead atoms. The van der Waals surface area contributed by atoms with Gasteiger partial charge in [-0.1, -0.05) is 58.3 Å².